The first kappa shape index (κ1) is 8.31. The van der Waals surface area contributed by atoms with Crippen LogP contribution in [0.2, 0.25) is 0 Å². The molecule has 2 heterocycles. The summed E-state index contributed by atoms with van der Waals surface area (Å²) >= 11 is 0. The van der Waals surface area contributed by atoms with E-state index in [1.54, 1.807) is 7.11 Å². The van der Waals surface area contributed by atoms with E-state index in [1.807, 2.05) is 24.2 Å². The fourth-order valence-corrected chi connectivity index (χ4v) is 1.40. The predicted molar refractivity (Wildman–Crippen MR) is 48.8 cm³/mol. The second-order valence-electron chi connectivity index (χ2n) is 3.03. The largest absolute Gasteiger partial charge is 0.481 e. The minimum atomic E-state index is 0.626. The number of fused-ring (bicyclic) bond motifs is 1. The molecule has 0 saturated carbocycles. The molecular weight excluding hydrogens is 168 g/mol. The van der Waals surface area contributed by atoms with E-state index in [1.165, 1.54) is 0 Å². The molecule has 1 aromatic heterocycles. The van der Waals surface area contributed by atoms with Crippen LogP contribution >= 0.6 is 0 Å². The van der Waals surface area contributed by atoms with E-state index in [0.29, 0.717) is 19.2 Å². The van der Waals surface area contributed by atoms with Gasteiger partial charge >= 0.3 is 0 Å². The number of hydrogen-bond donors (Lipinski definition) is 0. The normalized spacial score (nSPS) is 15.4. The molecule has 13 heavy (non-hydrogen) atoms. The van der Waals surface area contributed by atoms with Crippen LogP contribution in [0.1, 0.15) is 5.56 Å². The molecule has 0 spiro atoms. The van der Waals surface area contributed by atoms with Crippen molar-refractivity contribution in [3.8, 4) is 5.88 Å². The standard InChI is InChI=1S/C9H12N2O2/c1-11-6-13-5-7-3-9(12-2)10-4-8(7)11/h3-4H,5-6H2,1-2H3. The minimum Gasteiger partial charge on any atom is -0.481 e. The summed E-state index contributed by atoms with van der Waals surface area (Å²) in [5, 5.41) is 0. The summed E-state index contributed by atoms with van der Waals surface area (Å²) in [5.41, 5.74) is 2.24. The third-order valence-corrected chi connectivity index (χ3v) is 2.10. The Bertz CT molecular complexity index is 314. The first-order valence-electron chi connectivity index (χ1n) is 4.13. The molecule has 0 saturated heterocycles. The Morgan fingerprint density at radius 2 is 2.46 bits per heavy atom. The molecular formula is C9H12N2O2. The van der Waals surface area contributed by atoms with Crippen LogP contribution in [0.5, 0.6) is 5.88 Å². The number of aromatic nitrogens is 1. The van der Waals surface area contributed by atoms with Crippen molar-refractivity contribution in [1.82, 2.24) is 4.98 Å². The van der Waals surface area contributed by atoms with E-state index >= 15 is 0 Å². The molecule has 0 radical (unpaired) electrons. The first-order chi connectivity index (χ1) is 6.31. The van der Waals surface area contributed by atoms with E-state index < -0.39 is 0 Å². The number of rotatable bonds is 1. The number of hydrogen-bond acceptors (Lipinski definition) is 4. The molecule has 0 amide bonds. The van der Waals surface area contributed by atoms with Crippen molar-refractivity contribution < 1.29 is 9.47 Å². The van der Waals surface area contributed by atoms with E-state index in [4.69, 9.17) is 9.47 Å². The summed E-state index contributed by atoms with van der Waals surface area (Å²) in [7, 11) is 3.59. The third kappa shape index (κ3) is 1.45. The summed E-state index contributed by atoms with van der Waals surface area (Å²) in [6.07, 6.45) is 1.82. The van der Waals surface area contributed by atoms with Crippen molar-refractivity contribution in [2.24, 2.45) is 0 Å². The van der Waals surface area contributed by atoms with E-state index in [9.17, 15) is 0 Å². The predicted octanol–water partition coefficient (Wildman–Crippen LogP) is 1.01. The summed E-state index contributed by atoms with van der Waals surface area (Å²) in [5.74, 6) is 0.637. The van der Waals surface area contributed by atoms with Crippen molar-refractivity contribution in [2.45, 2.75) is 6.61 Å². The van der Waals surface area contributed by atoms with Crippen LogP contribution in [0.25, 0.3) is 0 Å². The Balaban J connectivity index is 2.39. The van der Waals surface area contributed by atoms with Gasteiger partial charge in [-0.25, -0.2) is 4.98 Å². The van der Waals surface area contributed by atoms with Crippen molar-refractivity contribution >= 4 is 5.69 Å². The molecule has 4 nitrogen and oxygen atoms in total. The van der Waals surface area contributed by atoms with Crippen LogP contribution in [-0.4, -0.2) is 25.9 Å². The quantitative estimate of drug-likeness (QED) is 0.646. The van der Waals surface area contributed by atoms with E-state index in [-0.39, 0.29) is 0 Å². The van der Waals surface area contributed by atoms with Gasteiger partial charge in [-0.1, -0.05) is 0 Å². The first-order valence-corrected chi connectivity index (χ1v) is 4.13. The van der Waals surface area contributed by atoms with Gasteiger partial charge in [0.05, 0.1) is 25.6 Å². The van der Waals surface area contributed by atoms with Gasteiger partial charge in [0.25, 0.3) is 0 Å². The van der Waals surface area contributed by atoms with Crippen LogP contribution < -0.4 is 9.64 Å². The van der Waals surface area contributed by atoms with Gasteiger partial charge in [0.15, 0.2) is 0 Å². The molecule has 0 atom stereocenters. The summed E-state index contributed by atoms with van der Waals surface area (Å²) in [4.78, 5) is 6.16. The van der Waals surface area contributed by atoms with Crippen LogP contribution in [0, 0.1) is 0 Å². The highest BCUT2D eigenvalue weighted by atomic mass is 16.5. The number of nitrogens with zero attached hydrogens (tertiary/aromatic N) is 2. The van der Waals surface area contributed by atoms with E-state index in [0.717, 1.165) is 11.3 Å². The Labute approximate surface area is 77.1 Å². The Kier molecular flexibility index (Phi) is 2.06. The van der Waals surface area contributed by atoms with Crippen molar-refractivity contribution in [1.29, 1.82) is 0 Å². The average molecular weight is 180 g/mol. The monoisotopic (exact) mass is 180 g/mol. The fraction of sp³-hybridized carbons (Fsp3) is 0.444. The zero-order valence-electron chi connectivity index (χ0n) is 7.78. The lowest BCUT2D eigenvalue weighted by molar-refractivity contribution is 0.113. The SMILES string of the molecule is COc1cc2c(cn1)N(C)COC2. The molecule has 0 N–H and O–H groups in total. The highest BCUT2D eigenvalue weighted by molar-refractivity contribution is 5.53. The van der Waals surface area contributed by atoms with E-state index in [2.05, 4.69) is 4.98 Å². The van der Waals surface area contributed by atoms with Crippen molar-refractivity contribution in [3.05, 3.63) is 17.8 Å². The zero-order valence-corrected chi connectivity index (χ0v) is 7.78. The van der Waals surface area contributed by atoms with Crippen molar-refractivity contribution in [2.75, 3.05) is 25.8 Å². The maximum absolute atomic E-state index is 5.35. The van der Waals surface area contributed by atoms with Crippen LogP contribution in [-0.2, 0) is 11.3 Å². The topological polar surface area (TPSA) is 34.6 Å². The Morgan fingerprint density at radius 3 is 3.23 bits per heavy atom. The number of pyridine rings is 1. The molecule has 0 bridgehead atoms. The lowest BCUT2D eigenvalue weighted by Crippen LogP contribution is -2.26. The zero-order chi connectivity index (χ0) is 9.26. The van der Waals surface area contributed by atoms with Gasteiger partial charge in [0.2, 0.25) is 5.88 Å². The summed E-state index contributed by atoms with van der Waals surface area (Å²) in [6.45, 7) is 1.26. The summed E-state index contributed by atoms with van der Waals surface area (Å²) < 4.78 is 10.4. The number of anilines is 1. The van der Waals surface area contributed by atoms with Crippen LogP contribution in [0.4, 0.5) is 5.69 Å². The number of methoxy groups -OCH3 is 1. The average Bonchev–Trinajstić information content (AvgIpc) is 2.18. The van der Waals surface area contributed by atoms with Crippen LogP contribution in [0.3, 0.4) is 0 Å². The Morgan fingerprint density at radius 1 is 1.62 bits per heavy atom. The number of ether oxygens (including phenoxy) is 2. The molecule has 70 valence electrons. The molecule has 0 unspecified atom stereocenters. The second kappa shape index (κ2) is 3.22. The van der Waals surface area contributed by atoms with Gasteiger partial charge in [-0.3, -0.25) is 0 Å². The van der Waals surface area contributed by atoms with Gasteiger partial charge in [0, 0.05) is 18.7 Å². The lowest BCUT2D eigenvalue weighted by Gasteiger charge is -2.26. The van der Waals surface area contributed by atoms with Gasteiger partial charge < -0.3 is 14.4 Å². The molecule has 0 aromatic carbocycles. The van der Waals surface area contributed by atoms with Gasteiger partial charge in [-0.05, 0) is 0 Å². The molecule has 1 aliphatic rings. The smallest absolute Gasteiger partial charge is 0.213 e. The van der Waals surface area contributed by atoms with Gasteiger partial charge in [-0.15, -0.1) is 0 Å². The molecule has 4 heteroatoms. The second-order valence-corrected chi connectivity index (χ2v) is 3.03. The van der Waals surface area contributed by atoms with Crippen LogP contribution in [0.15, 0.2) is 12.3 Å². The highest BCUT2D eigenvalue weighted by Crippen LogP contribution is 2.26. The third-order valence-electron chi connectivity index (χ3n) is 2.10. The molecule has 2 rings (SSSR count). The summed E-state index contributed by atoms with van der Waals surface area (Å²) in [6, 6.07) is 1.91. The molecule has 0 fully saturated rings. The minimum absolute atomic E-state index is 0.626. The van der Waals surface area contributed by atoms with Gasteiger partial charge in [0.1, 0.15) is 6.73 Å². The maximum Gasteiger partial charge on any atom is 0.213 e. The van der Waals surface area contributed by atoms with Gasteiger partial charge in [-0.2, -0.15) is 0 Å². The lowest BCUT2D eigenvalue weighted by atomic mass is 10.2. The molecule has 0 aliphatic carbocycles. The van der Waals surface area contributed by atoms with Crippen molar-refractivity contribution in [3.63, 3.8) is 0 Å². The molecule has 1 aromatic rings. The highest BCUT2D eigenvalue weighted by Gasteiger charge is 2.14. The fourth-order valence-electron chi connectivity index (χ4n) is 1.40. The molecule has 1 aliphatic heterocycles. The Hall–Kier alpha value is -1.29. The maximum atomic E-state index is 5.35.